The summed E-state index contributed by atoms with van der Waals surface area (Å²) in [5.41, 5.74) is 2.42. The SMILES string of the molecule is Oc1ccc(C#Cc2ccccc2)c2cccnc12. The highest BCUT2D eigenvalue weighted by Gasteiger charge is 2.03. The lowest BCUT2D eigenvalue weighted by atomic mass is 10.1. The number of aromatic nitrogens is 1. The number of phenols is 1. The molecule has 3 rings (SSSR count). The van der Waals surface area contributed by atoms with Gasteiger partial charge in [-0.05, 0) is 36.4 Å². The zero-order valence-corrected chi connectivity index (χ0v) is 10.2. The maximum atomic E-state index is 9.77. The Kier molecular flexibility index (Phi) is 2.88. The predicted octanol–water partition coefficient (Wildman–Crippen LogP) is 3.34. The van der Waals surface area contributed by atoms with Crippen LogP contribution in [0.2, 0.25) is 0 Å². The van der Waals surface area contributed by atoms with E-state index in [0.29, 0.717) is 5.52 Å². The van der Waals surface area contributed by atoms with E-state index < -0.39 is 0 Å². The molecule has 0 saturated heterocycles. The number of fused-ring (bicyclic) bond motifs is 1. The average Bonchev–Trinajstić information content (AvgIpc) is 2.48. The van der Waals surface area contributed by atoms with Gasteiger partial charge >= 0.3 is 0 Å². The number of benzene rings is 2. The molecule has 3 aromatic rings. The van der Waals surface area contributed by atoms with Gasteiger partial charge in [-0.1, -0.05) is 30.0 Å². The number of pyridine rings is 1. The zero-order chi connectivity index (χ0) is 13.1. The number of aromatic hydroxyl groups is 1. The van der Waals surface area contributed by atoms with Crippen molar-refractivity contribution in [1.82, 2.24) is 4.98 Å². The molecular weight excluding hydrogens is 234 g/mol. The van der Waals surface area contributed by atoms with Crippen LogP contribution in [0.15, 0.2) is 60.8 Å². The van der Waals surface area contributed by atoms with Gasteiger partial charge in [0, 0.05) is 22.7 Å². The summed E-state index contributed by atoms with van der Waals surface area (Å²) in [5.74, 6) is 6.42. The van der Waals surface area contributed by atoms with Gasteiger partial charge in [-0.25, -0.2) is 0 Å². The minimum atomic E-state index is 0.181. The molecule has 0 radical (unpaired) electrons. The van der Waals surface area contributed by atoms with Crippen molar-refractivity contribution < 1.29 is 5.11 Å². The second-order valence-corrected chi connectivity index (χ2v) is 4.15. The van der Waals surface area contributed by atoms with Gasteiger partial charge in [0.1, 0.15) is 11.3 Å². The lowest BCUT2D eigenvalue weighted by Crippen LogP contribution is -1.83. The highest BCUT2D eigenvalue weighted by atomic mass is 16.3. The summed E-state index contributed by atoms with van der Waals surface area (Å²) in [6.45, 7) is 0. The maximum Gasteiger partial charge on any atom is 0.141 e. The Bertz CT molecular complexity index is 782. The molecule has 2 nitrogen and oxygen atoms in total. The minimum absolute atomic E-state index is 0.181. The minimum Gasteiger partial charge on any atom is -0.506 e. The lowest BCUT2D eigenvalue weighted by molar-refractivity contribution is 0.480. The summed E-state index contributed by atoms with van der Waals surface area (Å²) in [4.78, 5) is 4.18. The topological polar surface area (TPSA) is 33.1 Å². The largest absolute Gasteiger partial charge is 0.506 e. The Morgan fingerprint density at radius 3 is 2.53 bits per heavy atom. The molecule has 0 amide bonds. The summed E-state index contributed by atoms with van der Waals surface area (Å²) in [7, 11) is 0. The van der Waals surface area contributed by atoms with Gasteiger partial charge in [-0.3, -0.25) is 4.98 Å². The second-order valence-electron chi connectivity index (χ2n) is 4.15. The molecule has 1 heterocycles. The van der Waals surface area contributed by atoms with Crippen molar-refractivity contribution in [3.05, 3.63) is 71.9 Å². The lowest BCUT2D eigenvalue weighted by Gasteiger charge is -2.01. The molecule has 0 fully saturated rings. The first-order chi connectivity index (χ1) is 9.34. The van der Waals surface area contributed by atoms with Crippen molar-refractivity contribution in [3.8, 4) is 17.6 Å². The smallest absolute Gasteiger partial charge is 0.141 e. The van der Waals surface area contributed by atoms with E-state index >= 15 is 0 Å². The summed E-state index contributed by atoms with van der Waals surface area (Å²) >= 11 is 0. The fourth-order valence-electron chi connectivity index (χ4n) is 1.93. The Morgan fingerprint density at radius 1 is 0.842 bits per heavy atom. The van der Waals surface area contributed by atoms with Crippen LogP contribution in [0.3, 0.4) is 0 Å². The number of hydrogen-bond donors (Lipinski definition) is 1. The molecule has 0 unspecified atom stereocenters. The van der Waals surface area contributed by atoms with Gasteiger partial charge in [0.05, 0.1) is 0 Å². The standard InChI is InChI=1S/C17H11NO/c19-16-11-10-14(15-7-4-12-18-17(15)16)9-8-13-5-2-1-3-6-13/h1-7,10-12,19H. The van der Waals surface area contributed by atoms with Gasteiger partial charge in [0.25, 0.3) is 0 Å². The van der Waals surface area contributed by atoms with E-state index in [4.69, 9.17) is 0 Å². The Hall–Kier alpha value is -2.79. The molecule has 0 atom stereocenters. The first-order valence-corrected chi connectivity index (χ1v) is 5.98. The Morgan fingerprint density at radius 2 is 1.68 bits per heavy atom. The van der Waals surface area contributed by atoms with Crippen LogP contribution in [0, 0.1) is 11.8 Å². The molecule has 0 aliphatic heterocycles. The molecule has 2 aromatic carbocycles. The van der Waals surface area contributed by atoms with Crippen molar-refractivity contribution in [2.45, 2.75) is 0 Å². The monoisotopic (exact) mass is 245 g/mol. The quantitative estimate of drug-likeness (QED) is 0.616. The molecule has 0 bridgehead atoms. The molecule has 1 N–H and O–H groups in total. The first kappa shape index (κ1) is 11.3. The number of hydrogen-bond acceptors (Lipinski definition) is 2. The number of nitrogens with zero attached hydrogens (tertiary/aromatic N) is 1. The van der Waals surface area contributed by atoms with Crippen LogP contribution in [-0.2, 0) is 0 Å². The van der Waals surface area contributed by atoms with E-state index in [1.54, 1.807) is 12.3 Å². The number of phenolic OH excluding ortho intramolecular Hbond substituents is 1. The fraction of sp³-hybridized carbons (Fsp3) is 0. The van der Waals surface area contributed by atoms with E-state index in [-0.39, 0.29) is 5.75 Å². The van der Waals surface area contributed by atoms with Gasteiger partial charge < -0.3 is 5.11 Å². The van der Waals surface area contributed by atoms with Crippen LogP contribution in [0.1, 0.15) is 11.1 Å². The third-order valence-corrected chi connectivity index (χ3v) is 2.86. The molecular formula is C17H11NO. The normalized spacial score (nSPS) is 9.89. The van der Waals surface area contributed by atoms with Gasteiger partial charge in [0.15, 0.2) is 0 Å². The van der Waals surface area contributed by atoms with Crippen LogP contribution in [-0.4, -0.2) is 10.1 Å². The van der Waals surface area contributed by atoms with Crippen LogP contribution in [0.25, 0.3) is 10.9 Å². The molecule has 90 valence electrons. The van der Waals surface area contributed by atoms with Crippen LogP contribution in [0.5, 0.6) is 5.75 Å². The van der Waals surface area contributed by atoms with Gasteiger partial charge in [-0.15, -0.1) is 0 Å². The van der Waals surface area contributed by atoms with Crippen LogP contribution in [0.4, 0.5) is 0 Å². The summed E-state index contributed by atoms with van der Waals surface area (Å²) in [6, 6.07) is 17.0. The maximum absolute atomic E-state index is 9.77. The van der Waals surface area contributed by atoms with E-state index in [0.717, 1.165) is 16.5 Å². The van der Waals surface area contributed by atoms with Crippen LogP contribution >= 0.6 is 0 Å². The van der Waals surface area contributed by atoms with Crippen molar-refractivity contribution >= 4 is 10.9 Å². The fourth-order valence-corrected chi connectivity index (χ4v) is 1.93. The van der Waals surface area contributed by atoms with Crippen LogP contribution < -0.4 is 0 Å². The Balaban J connectivity index is 2.13. The predicted molar refractivity (Wildman–Crippen MR) is 75.8 cm³/mol. The van der Waals surface area contributed by atoms with E-state index in [2.05, 4.69) is 16.8 Å². The van der Waals surface area contributed by atoms with E-state index in [1.165, 1.54) is 0 Å². The highest BCUT2D eigenvalue weighted by molar-refractivity contribution is 5.89. The second kappa shape index (κ2) is 4.83. The Labute approximate surface area is 111 Å². The van der Waals surface area contributed by atoms with Crippen molar-refractivity contribution in [3.63, 3.8) is 0 Å². The van der Waals surface area contributed by atoms with Crippen molar-refractivity contribution in [2.75, 3.05) is 0 Å². The third kappa shape index (κ3) is 2.27. The zero-order valence-electron chi connectivity index (χ0n) is 10.2. The third-order valence-electron chi connectivity index (χ3n) is 2.86. The molecule has 19 heavy (non-hydrogen) atoms. The summed E-state index contributed by atoms with van der Waals surface area (Å²) in [6.07, 6.45) is 1.66. The van der Waals surface area contributed by atoms with E-state index in [1.807, 2.05) is 48.5 Å². The summed E-state index contributed by atoms with van der Waals surface area (Å²) < 4.78 is 0. The first-order valence-electron chi connectivity index (χ1n) is 5.98. The molecule has 0 aliphatic carbocycles. The average molecular weight is 245 g/mol. The molecule has 0 saturated carbocycles. The molecule has 0 aliphatic rings. The van der Waals surface area contributed by atoms with Gasteiger partial charge in [-0.2, -0.15) is 0 Å². The number of rotatable bonds is 0. The van der Waals surface area contributed by atoms with E-state index in [9.17, 15) is 5.11 Å². The van der Waals surface area contributed by atoms with Crippen molar-refractivity contribution in [2.24, 2.45) is 0 Å². The highest BCUT2D eigenvalue weighted by Crippen LogP contribution is 2.24. The molecule has 1 aromatic heterocycles. The molecule has 2 heteroatoms. The summed E-state index contributed by atoms with van der Waals surface area (Å²) in [5, 5.41) is 10.6. The van der Waals surface area contributed by atoms with Crippen molar-refractivity contribution in [1.29, 1.82) is 0 Å². The van der Waals surface area contributed by atoms with Gasteiger partial charge in [0.2, 0.25) is 0 Å². The molecule has 0 spiro atoms.